The molecule has 7 heteroatoms. The molecular formula is C8H16N4O2S. The van der Waals surface area contributed by atoms with Crippen LogP contribution in [0.1, 0.15) is 19.0 Å². The van der Waals surface area contributed by atoms with Crippen LogP contribution in [-0.2, 0) is 17.1 Å². The van der Waals surface area contributed by atoms with Crippen molar-refractivity contribution >= 4 is 21.5 Å². The third-order valence-electron chi connectivity index (χ3n) is 1.99. The van der Waals surface area contributed by atoms with Crippen molar-refractivity contribution in [3.8, 4) is 0 Å². The summed E-state index contributed by atoms with van der Waals surface area (Å²) in [6.45, 7) is 3.53. The Morgan fingerprint density at radius 3 is 2.53 bits per heavy atom. The smallest absolute Gasteiger partial charge is 0.233 e. The minimum absolute atomic E-state index is 0.0800. The van der Waals surface area contributed by atoms with Crippen molar-refractivity contribution in [3.63, 3.8) is 0 Å². The topological polar surface area (TPSA) is 90.0 Å². The zero-order valence-corrected chi connectivity index (χ0v) is 9.93. The molecule has 0 unspecified atom stereocenters. The predicted molar refractivity (Wildman–Crippen MR) is 60.1 cm³/mol. The highest BCUT2D eigenvalue weighted by Gasteiger charge is 2.16. The lowest BCUT2D eigenvalue weighted by Crippen LogP contribution is -2.18. The second-order valence-electron chi connectivity index (χ2n) is 3.39. The van der Waals surface area contributed by atoms with Gasteiger partial charge in [0.05, 0.1) is 17.1 Å². The Kier molecular flexibility index (Phi) is 3.23. The predicted octanol–water partition coefficient (Wildman–Crippen LogP) is 0.462. The van der Waals surface area contributed by atoms with Crippen LogP contribution in [0.2, 0.25) is 0 Å². The van der Waals surface area contributed by atoms with Crippen molar-refractivity contribution in [2.24, 2.45) is 7.05 Å². The Morgan fingerprint density at radius 2 is 2.13 bits per heavy atom. The summed E-state index contributed by atoms with van der Waals surface area (Å²) in [5, 5.41) is 4.02. The van der Waals surface area contributed by atoms with Gasteiger partial charge in [0.15, 0.2) is 5.82 Å². The Labute approximate surface area is 89.5 Å². The normalized spacial score (nSPS) is 11.7. The molecule has 0 aliphatic rings. The van der Waals surface area contributed by atoms with E-state index >= 15 is 0 Å². The Morgan fingerprint density at radius 1 is 1.53 bits per heavy atom. The second-order valence-corrected chi connectivity index (χ2v) is 5.23. The molecule has 6 nitrogen and oxygen atoms in total. The summed E-state index contributed by atoms with van der Waals surface area (Å²) >= 11 is 0. The minimum Gasteiger partial charge on any atom is -0.394 e. The number of hydrogen-bond acceptors (Lipinski definition) is 4. The van der Waals surface area contributed by atoms with Gasteiger partial charge in [0.1, 0.15) is 0 Å². The van der Waals surface area contributed by atoms with Crippen molar-refractivity contribution in [1.82, 2.24) is 9.78 Å². The third kappa shape index (κ3) is 2.62. The van der Waals surface area contributed by atoms with E-state index < -0.39 is 10.0 Å². The molecule has 0 aromatic carbocycles. The number of sulfonamides is 1. The van der Waals surface area contributed by atoms with Gasteiger partial charge in [-0.2, -0.15) is 5.10 Å². The molecular weight excluding hydrogens is 216 g/mol. The maximum absolute atomic E-state index is 11.5. The largest absolute Gasteiger partial charge is 0.394 e. The molecule has 3 N–H and O–H groups in total. The molecule has 0 radical (unpaired) electrons. The van der Waals surface area contributed by atoms with E-state index in [0.717, 1.165) is 0 Å². The molecule has 0 amide bonds. The number of hydrogen-bond donors (Lipinski definition) is 2. The zero-order chi connectivity index (χ0) is 11.6. The number of nitrogens with two attached hydrogens (primary N) is 1. The summed E-state index contributed by atoms with van der Waals surface area (Å²) < 4.78 is 26.9. The van der Waals surface area contributed by atoms with E-state index in [1.54, 1.807) is 20.9 Å². The van der Waals surface area contributed by atoms with Crippen LogP contribution < -0.4 is 10.5 Å². The molecule has 15 heavy (non-hydrogen) atoms. The molecule has 0 spiro atoms. The fourth-order valence-electron chi connectivity index (χ4n) is 1.26. The van der Waals surface area contributed by atoms with Crippen molar-refractivity contribution in [1.29, 1.82) is 0 Å². The summed E-state index contributed by atoms with van der Waals surface area (Å²) in [6, 6.07) is 0. The van der Waals surface area contributed by atoms with Crippen molar-refractivity contribution in [3.05, 3.63) is 5.69 Å². The van der Waals surface area contributed by atoms with Gasteiger partial charge in [-0.25, -0.2) is 13.1 Å². The lowest BCUT2D eigenvalue weighted by atomic mass is 10.4. The number of anilines is 2. The standard InChI is InChI=1S/C8H16N4O2S/c1-4-5-15(13,14)11-8-7(9)6(2)10-12(8)3/h11H,4-5,9H2,1-3H3. The average molecular weight is 232 g/mol. The van der Waals surface area contributed by atoms with Crippen LogP contribution in [0.4, 0.5) is 11.5 Å². The molecule has 1 heterocycles. The maximum Gasteiger partial charge on any atom is 0.233 e. The third-order valence-corrected chi connectivity index (χ3v) is 3.44. The Balaban J connectivity index is 2.99. The van der Waals surface area contributed by atoms with Gasteiger partial charge in [-0.3, -0.25) is 4.72 Å². The summed E-state index contributed by atoms with van der Waals surface area (Å²) in [5.41, 5.74) is 6.69. The van der Waals surface area contributed by atoms with E-state index in [0.29, 0.717) is 23.6 Å². The minimum atomic E-state index is -3.31. The first kappa shape index (κ1) is 11.8. The summed E-state index contributed by atoms with van der Waals surface area (Å²) in [7, 11) is -1.66. The van der Waals surface area contributed by atoms with E-state index in [1.807, 2.05) is 0 Å². The van der Waals surface area contributed by atoms with E-state index in [4.69, 9.17) is 5.73 Å². The van der Waals surface area contributed by atoms with Crippen LogP contribution in [0.15, 0.2) is 0 Å². The highest BCUT2D eigenvalue weighted by Crippen LogP contribution is 2.21. The fourth-order valence-corrected chi connectivity index (χ4v) is 2.44. The van der Waals surface area contributed by atoms with Gasteiger partial charge in [-0.1, -0.05) is 6.92 Å². The Hall–Kier alpha value is -1.24. The van der Waals surface area contributed by atoms with Gasteiger partial charge in [0, 0.05) is 7.05 Å². The molecule has 0 fully saturated rings. The first-order chi connectivity index (χ1) is 6.87. The average Bonchev–Trinajstić information content (AvgIpc) is 2.32. The van der Waals surface area contributed by atoms with Gasteiger partial charge in [-0.15, -0.1) is 0 Å². The van der Waals surface area contributed by atoms with Crippen LogP contribution in [0, 0.1) is 6.92 Å². The number of aromatic nitrogens is 2. The molecule has 0 aliphatic heterocycles. The zero-order valence-electron chi connectivity index (χ0n) is 9.11. The number of nitrogens with zero attached hydrogens (tertiary/aromatic N) is 2. The van der Waals surface area contributed by atoms with Gasteiger partial charge in [0.2, 0.25) is 10.0 Å². The second kappa shape index (κ2) is 4.09. The summed E-state index contributed by atoms with van der Waals surface area (Å²) in [5.74, 6) is 0.414. The van der Waals surface area contributed by atoms with E-state index in [9.17, 15) is 8.42 Å². The first-order valence-electron chi connectivity index (χ1n) is 4.67. The fraction of sp³-hybridized carbons (Fsp3) is 0.625. The van der Waals surface area contributed by atoms with E-state index in [1.165, 1.54) is 4.68 Å². The SMILES string of the molecule is CCCS(=O)(=O)Nc1c(N)c(C)nn1C. The molecule has 86 valence electrons. The molecule has 0 aliphatic carbocycles. The van der Waals surface area contributed by atoms with Crippen LogP contribution in [-0.4, -0.2) is 24.0 Å². The highest BCUT2D eigenvalue weighted by molar-refractivity contribution is 7.92. The number of nitrogens with one attached hydrogen (secondary N) is 1. The highest BCUT2D eigenvalue weighted by atomic mass is 32.2. The number of aryl methyl sites for hydroxylation is 2. The van der Waals surface area contributed by atoms with Crippen LogP contribution >= 0.6 is 0 Å². The monoisotopic (exact) mass is 232 g/mol. The van der Waals surface area contributed by atoms with Crippen LogP contribution in [0.25, 0.3) is 0 Å². The summed E-state index contributed by atoms with van der Waals surface area (Å²) in [6.07, 6.45) is 0.562. The summed E-state index contributed by atoms with van der Waals surface area (Å²) in [4.78, 5) is 0. The van der Waals surface area contributed by atoms with Crippen molar-refractivity contribution < 1.29 is 8.42 Å². The first-order valence-corrected chi connectivity index (χ1v) is 6.32. The molecule has 0 atom stereocenters. The van der Waals surface area contributed by atoms with Crippen molar-refractivity contribution in [2.75, 3.05) is 16.2 Å². The molecule has 0 saturated carbocycles. The molecule has 0 bridgehead atoms. The van der Waals surface area contributed by atoms with E-state index in [2.05, 4.69) is 9.82 Å². The molecule has 1 rings (SSSR count). The van der Waals surface area contributed by atoms with Gasteiger partial charge < -0.3 is 5.73 Å². The van der Waals surface area contributed by atoms with Gasteiger partial charge in [0.25, 0.3) is 0 Å². The number of rotatable bonds is 4. The van der Waals surface area contributed by atoms with Crippen LogP contribution in [0.3, 0.4) is 0 Å². The quantitative estimate of drug-likeness (QED) is 0.789. The molecule has 0 saturated heterocycles. The lowest BCUT2D eigenvalue weighted by Gasteiger charge is -2.07. The molecule has 1 aromatic rings. The van der Waals surface area contributed by atoms with Gasteiger partial charge >= 0.3 is 0 Å². The Bertz CT molecular complexity index is 449. The number of nitrogen functional groups attached to an aromatic ring is 1. The lowest BCUT2D eigenvalue weighted by molar-refractivity contribution is 0.599. The van der Waals surface area contributed by atoms with Crippen molar-refractivity contribution in [2.45, 2.75) is 20.3 Å². The van der Waals surface area contributed by atoms with E-state index in [-0.39, 0.29) is 5.75 Å². The van der Waals surface area contributed by atoms with Gasteiger partial charge in [-0.05, 0) is 13.3 Å². The van der Waals surface area contributed by atoms with Crippen LogP contribution in [0.5, 0.6) is 0 Å². The maximum atomic E-state index is 11.5. The molecule has 1 aromatic heterocycles.